The van der Waals surface area contributed by atoms with Crippen LogP contribution in [0.5, 0.6) is 0 Å². The van der Waals surface area contributed by atoms with Crippen LogP contribution >= 0.6 is 0 Å². The number of hydrogen-bond donors (Lipinski definition) is 5. The quantitative estimate of drug-likeness (QED) is 0.224. The van der Waals surface area contributed by atoms with Gasteiger partial charge in [0.15, 0.2) is 0 Å². The van der Waals surface area contributed by atoms with Crippen LogP contribution in [0.15, 0.2) is 24.3 Å². The molecule has 0 aromatic heterocycles. The Hall–Kier alpha value is -3.43. The Balaban J connectivity index is 2.04. The molecule has 1 saturated heterocycles. The predicted octanol–water partition coefficient (Wildman–Crippen LogP) is -0.718. The van der Waals surface area contributed by atoms with Crippen molar-refractivity contribution in [3.8, 4) is 0 Å². The maximum atomic E-state index is 12.3. The standard InChI is InChI=1S/C18H23N5O5/c1-18(10-13(24)25,23-9-8-22-16(27)17(23)28)6-7-21-15(26)12-4-2-11(3-5-12)14(19)20/h2-5H,6-10H2,1H3,(H3,19,20)(H,21,26)(H,22,27)(H,24,25). The molecule has 28 heavy (non-hydrogen) atoms. The number of rotatable bonds is 8. The number of nitrogens with one attached hydrogen (secondary N) is 3. The van der Waals surface area contributed by atoms with Crippen molar-refractivity contribution < 1.29 is 24.3 Å². The van der Waals surface area contributed by atoms with Gasteiger partial charge < -0.3 is 26.4 Å². The van der Waals surface area contributed by atoms with Crippen LogP contribution in [0.25, 0.3) is 0 Å². The molecule has 0 spiro atoms. The van der Waals surface area contributed by atoms with E-state index in [-0.39, 0.29) is 44.2 Å². The van der Waals surface area contributed by atoms with E-state index in [0.717, 1.165) is 0 Å². The van der Waals surface area contributed by atoms with Gasteiger partial charge in [-0.05, 0) is 25.5 Å². The monoisotopic (exact) mass is 389 g/mol. The zero-order valence-corrected chi connectivity index (χ0v) is 15.4. The lowest BCUT2D eigenvalue weighted by Crippen LogP contribution is -2.61. The molecule has 3 amide bonds. The summed E-state index contributed by atoms with van der Waals surface area (Å²) in [4.78, 5) is 48.6. The smallest absolute Gasteiger partial charge is 0.312 e. The summed E-state index contributed by atoms with van der Waals surface area (Å²) in [6.45, 7) is 2.15. The first-order valence-corrected chi connectivity index (χ1v) is 8.68. The Morgan fingerprint density at radius 2 is 1.89 bits per heavy atom. The fourth-order valence-electron chi connectivity index (χ4n) is 3.09. The van der Waals surface area contributed by atoms with Crippen LogP contribution in [0.3, 0.4) is 0 Å². The van der Waals surface area contributed by atoms with Crippen molar-refractivity contribution in [3.05, 3.63) is 35.4 Å². The summed E-state index contributed by atoms with van der Waals surface area (Å²) in [5, 5.41) is 21.7. The largest absolute Gasteiger partial charge is 0.481 e. The van der Waals surface area contributed by atoms with E-state index in [2.05, 4.69) is 10.6 Å². The molecule has 1 aliphatic heterocycles. The van der Waals surface area contributed by atoms with Gasteiger partial charge in [0.25, 0.3) is 5.91 Å². The highest BCUT2D eigenvalue weighted by Crippen LogP contribution is 2.25. The molecule has 1 unspecified atom stereocenters. The first-order chi connectivity index (χ1) is 13.1. The second-order valence-electron chi connectivity index (χ2n) is 6.78. The minimum atomic E-state index is -1.12. The Labute approximate surface area is 161 Å². The number of amides is 3. The van der Waals surface area contributed by atoms with Crippen molar-refractivity contribution >= 4 is 29.5 Å². The Morgan fingerprint density at radius 1 is 1.29 bits per heavy atom. The van der Waals surface area contributed by atoms with Gasteiger partial charge in [-0.1, -0.05) is 12.1 Å². The Morgan fingerprint density at radius 3 is 2.46 bits per heavy atom. The maximum absolute atomic E-state index is 12.3. The lowest BCUT2D eigenvalue weighted by Gasteiger charge is -2.42. The molecule has 0 radical (unpaired) electrons. The highest BCUT2D eigenvalue weighted by Gasteiger charge is 2.41. The first-order valence-electron chi connectivity index (χ1n) is 8.68. The number of piperazine rings is 1. The summed E-state index contributed by atoms with van der Waals surface area (Å²) in [6, 6.07) is 6.16. The van der Waals surface area contributed by atoms with E-state index in [0.29, 0.717) is 11.1 Å². The van der Waals surface area contributed by atoms with Crippen molar-refractivity contribution in [1.29, 1.82) is 5.41 Å². The summed E-state index contributed by atoms with van der Waals surface area (Å²) in [5.41, 5.74) is 5.11. The van der Waals surface area contributed by atoms with E-state index in [1.54, 1.807) is 19.1 Å². The maximum Gasteiger partial charge on any atom is 0.312 e. The number of benzene rings is 1. The molecule has 0 aliphatic carbocycles. The lowest BCUT2D eigenvalue weighted by atomic mass is 9.90. The minimum Gasteiger partial charge on any atom is -0.481 e. The highest BCUT2D eigenvalue weighted by molar-refractivity contribution is 6.35. The number of carboxylic acids is 1. The molecule has 1 aliphatic rings. The van der Waals surface area contributed by atoms with Gasteiger partial charge in [0.1, 0.15) is 5.84 Å². The molecule has 1 aromatic rings. The van der Waals surface area contributed by atoms with Gasteiger partial charge in [-0.15, -0.1) is 0 Å². The van der Waals surface area contributed by atoms with Crippen molar-refractivity contribution in [2.45, 2.75) is 25.3 Å². The van der Waals surface area contributed by atoms with E-state index in [1.807, 2.05) is 0 Å². The number of amidine groups is 1. The number of aliphatic carboxylic acids is 1. The second kappa shape index (κ2) is 8.51. The molecule has 2 rings (SSSR count). The molecular weight excluding hydrogens is 366 g/mol. The normalized spacial score (nSPS) is 16.1. The molecule has 0 bridgehead atoms. The van der Waals surface area contributed by atoms with E-state index in [9.17, 15) is 24.3 Å². The Kier molecular flexibility index (Phi) is 6.34. The summed E-state index contributed by atoms with van der Waals surface area (Å²) in [6.07, 6.45) is -0.190. The van der Waals surface area contributed by atoms with Gasteiger partial charge in [0.2, 0.25) is 0 Å². The van der Waals surface area contributed by atoms with Gasteiger partial charge >= 0.3 is 17.8 Å². The fraction of sp³-hybridized carbons (Fsp3) is 0.389. The molecule has 1 aromatic carbocycles. The third-order valence-electron chi connectivity index (χ3n) is 4.65. The molecule has 1 atom stereocenters. The topological polar surface area (TPSA) is 166 Å². The average molecular weight is 389 g/mol. The zero-order chi connectivity index (χ0) is 20.9. The van der Waals surface area contributed by atoms with Crippen molar-refractivity contribution in [2.75, 3.05) is 19.6 Å². The van der Waals surface area contributed by atoms with Gasteiger partial charge in [-0.2, -0.15) is 0 Å². The molecule has 150 valence electrons. The van der Waals surface area contributed by atoms with Crippen LogP contribution < -0.4 is 16.4 Å². The van der Waals surface area contributed by atoms with E-state index < -0.39 is 23.3 Å². The van der Waals surface area contributed by atoms with Crippen LogP contribution in [-0.2, 0) is 14.4 Å². The van der Waals surface area contributed by atoms with E-state index in [1.165, 1.54) is 17.0 Å². The van der Waals surface area contributed by atoms with Crippen molar-refractivity contribution in [1.82, 2.24) is 15.5 Å². The fourth-order valence-corrected chi connectivity index (χ4v) is 3.09. The third-order valence-corrected chi connectivity index (χ3v) is 4.65. The zero-order valence-electron chi connectivity index (χ0n) is 15.4. The van der Waals surface area contributed by atoms with Crippen LogP contribution in [-0.4, -0.2) is 64.7 Å². The molecule has 10 heteroatoms. The lowest BCUT2D eigenvalue weighted by molar-refractivity contribution is -0.155. The number of nitrogens with zero attached hydrogens (tertiary/aromatic N) is 1. The van der Waals surface area contributed by atoms with Gasteiger partial charge in [-0.25, -0.2) is 0 Å². The van der Waals surface area contributed by atoms with Crippen LogP contribution in [0.4, 0.5) is 0 Å². The van der Waals surface area contributed by atoms with Crippen LogP contribution in [0.1, 0.15) is 35.7 Å². The minimum absolute atomic E-state index is 0.105. The van der Waals surface area contributed by atoms with E-state index >= 15 is 0 Å². The number of nitrogen functional groups attached to an aromatic ring is 1. The van der Waals surface area contributed by atoms with Gasteiger partial charge in [0, 0.05) is 30.8 Å². The van der Waals surface area contributed by atoms with Crippen LogP contribution in [0.2, 0.25) is 0 Å². The van der Waals surface area contributed by atoms with Crippen LogP contribution in [0, 0.1) is 5.41 Å². The molecule has 10 nitrogen and oxygen atoms in total. The van der Waals surface area contributed by atoms with Crippen molar-refractivity contribution in [2.24, 2.45) is 5.73 Å². The van der Waals surface area contributed by atoms with Crippen molar-refractivity contribution in [3.63, 3.8) is 0 Å². The van der Waals surface area contributed by atoms with Gasteiger partial charge in [0.05, 0.1) is 12.0 Å². The SMILES string of the molecule is CC(CCNC(=O)c1ccc(C(=N)N)cc1)(CC(=O)O)N1CCNC(=O)C1=O. The summed E-state index contributed by atoms with van der Waals surface area (Å²) < 4.78 is 0. The first kappa shape index (κ1) is 20.9. The molecule has 6 N–H and O–H groups in total. The third kappa shape index (κ3) is 4.84. The number of carbonyl (C=O) groups excluding carboxylic acids is 3. The number of carbonyl (C=O) groups is 4. The number of nitrogens with two attached hydrogens (primary N) is 1. The average Bonchev–Trinajstić information content (AvgIpc) is 2.63. The second-order valence-corrected chi connectivity index (χ2v) is 6.78. The van der Waals surface area contributed by atoms with E-state index in [4.69, 9.17) is 11.1 Å². The molecule has 0 saturated carbocycles. The summed E-state index contributed by atoms with van der Waals surface area (Å²) >= 11 is 0. The molecular formula is C18H23N5O5. The number of hydrogen-bond acceptors (Lipinski definition) is 5. The summed E-state index contributed by atoms with van der Waals surface area (Å²) in [5.74, 6) is -3.13. The number of carboxylic acid groups (broad SMARTS) is 1. The predicted molar refractivity (Wildman–Crippen MR) is 99.8 cm³/mol. The van der Waals surface area contributed by atoms with Gasteiger partial charge in [-0.3, -0.25) is 24.6 Å². The highest BCUT2D eigenvalue weighted by atomic mass is 16.4. The molecule has 1 fully saturated rings. The Bertz CT molecular complexity index is 807. The summed E-state index contributed by atoms with van der Waals surface area (Å²) in [7, 11) is 0. The molecule has 1 heterocycles.